The summed E-state index contributed by atoms with van der Waals surface area (Å²) in [6.45, 7) is 7.45. The highest BCUT2D eigenvalue weighted by Gasteiger charge is 2.25. The quantitative estimate of drug-likeness (QED) is 0.702. The van der Waals surface area contributed by atoms with Gasteiger partial charge in [-0.3, -0.25) is 4.79 Å². The monoisotopic (exact) mass is 400 g/mol. The lowest BCUT2D eigenvalue weighted by atomic mass is 10.1. The van der Waals surface area contributed by atoms with Crippen molar-refractivity contribution in [3.05, 3.63) is 18.1 Å². The van der Waals surface area contributed by atoms with Crippen molar-refractivity contribution in [2.24, 2.45) is 0 Å². The van der Waals surface area contributed by atoms with Gasteiger partial charge < -0.3 is 29.2 Å². The van der Waals surface area contributed by atoms with Crippen LogP contribution in [0.25, 0.3) is 11.2 Å². The molecule has 2 aromatic heterocycles. The Kier molecular flexibility index (Phi) is 5.34. The molecule has 3 aliphatic heterocycles. The normalized spacial score (nSPS) is 21.9. The number of amides is 1. The average molecular weight is 400 g/mol. The summed E-state index contributed by atoms with van der Waals surface area (Å²) < 4.78 is 13.2. The lowest BCUT2D eigenvalue weighted by Gasteiger charge is -2.29. The molecule has 0 saturated carbocycles. The molecule has 2 aromatic rings. The molecule has 1 amide bonds. The van der Waals surface area contributed by atoms with E-state index in [1.165, 1.54) is 0 Å². The van der Waals surface area contributed by atoms with Gasteiger partial charge in [-0.1, -0.05) is 0 Å². The maximum Gasteiger partial charge on any atom is 0.225 e. The van der Waals surface area contributed by atoms with E-state index in [0.717, 1.165) is 68.5 Å². The number of ether oxygens (including phenoxy) is 2. The summed E-state index contributed by atoms with van der Waals surface area (Å²) in [7, 11) is 0. The zero-order valence-corrected chi connectivity index (χ0v) is 16.7. The van der Waals surface area contributed by atoms with Crippen molar-refractivity contribution < 1.29 is 14.3 Å². The highest BCUT2D eigenvalue weighted by Crippen LogP contribution is 2.24. The van der Waals surface area contributed by atoms with Crippen LogP contribution in [0.15, 0.2) is 12.3 Å². The van der Waals surface area contributed by atoms with E-state index in [4.69, 9.17) is 14.5 Å². The lowest BCUT2D eigenvalue weighted by Crippen LogP contribution is -2.46. The van der Waals surface area contributed by atoms with Crippen molar-refractivity contribution in [1.29, 1.82) is 0 Å². The van der Waals surface area contributed by atoms with Gasteiger partial charge >= 0.3 is 0 Å². The van der Waals surface area contributed by atoms with Crippen LogP contribution in [0.3, 0.4) is 0 Å². The first kappa shape index (κ1) is 18.8. The van der Waals surface area contributed by atoms with Crippen LogP contribution in [-0.4, -0.2) is 84.0 Å². The maximum absolute atomic E-state index is 12.6. The van der Waals surface area contributed by atoms with E-state index >= 15 is 0 Å². The van der Waals surface area contributed by atoms with Crippen molar-refractivity contribution in [3.63, 3.8) is 0 Å². The van der Waals surface area contributed by atoms with Crippen molar-refractivity contribution in [3.8, 4) is 0 Å². The van der Waals surface area contributed by atoms with E-state index in [1.54, 1.807) is 0 Å². The summed E-state index contributed by atoms with van der Waals surface area (Å²) in [5.41, 5.74) is 2.89. The minimum Gasteiger partial charge on any atom is -0.379 e. The van der Waals surface area contributed by atoms with Gasteiger partial charge in [-0.15, -0.1) is 0 Å². The number of rotatable bonds is 6. The SMILES string of the molecule is O=C(CCOCC1CCN1)N1CCn2c(nc3cc(N4CCOCC4)cnc32)C1. The second-order valence-corrected chi connectivity index (χ2v) is 7.90. The van der Waals surface area contributed by atoms with Crippen LogP contribution in [0.1, 0.15) is 18.7 Å². The van der Waals surface area contributed by atoms with Gasteiger partial charge in [0.25, 0.3) is 0 Å². The Bertz CT molecular complexity index is 874. The first-order chi connectivity index (χ1) is 14.3. The third kappa shape index (κ3) is 3.94. The third-order valence-corrected chi connectivity index (χ3v) is 6.01. The summed E-state index contributed by atoms with van der Waals surface area (Å²) in [6, 6.07) is 2.57. The van der Waals surface area contributed by atoms with Gasteiger partial charge in [0.2, 0.25) is 5.91 Å². The molecule has 0 spiro atoms. The summed E-state index contributed by atoms with van der Waals surface area (Å²) in [6.07, 6.45) is 3.51. The molecule has 9 nitrogen and oxygen atoms in total. The Labute approximate surface area is 170 Å². The van der Waals surface area contributed by atoms with E-state index in [2.05, 4.69) is 25.8 Å². The van der Waals surface area contributed by atoms with Crippen LogP contribution >= 0.6 is 0 Å². The molecular weight excluding hydrogens is 372 g/mol. The van der Waals surface area contributed by atoms with Crippen LogP contribution in [0.2, 0.25) is 0 Å². The average Bonchev–Trinajstić information content (AvgIpc) is 3.09. The molecule has 156 valence electrons. The van der Waals surface area contributed by atoms with Crippen LogP contribution in [0.4, 0.5) is 5.69 Å². The van der Waals surface area contributed by atoms with Gasteiger partial charge in [0.1, 0.15) is 11.3 Å². The number of imidazole rings is 1. The van der Waals surface area contributed by atoms with Gasteiger partial charge in [-0.2, -0.15) is 0 Å². The zero-order chi connectivity index (χ0) is 19.6. The molecule has 9 heteroatoms. The number of hydrogen-bond acceptors (Lipinski definition) is 7. The van der Waals surface area contributed by atoms with Crippen molar-refractivity contribution >= 4 is 22.8 Å². The maximum atomic E-state index is 12.6. The fraction of sp³-hybridized carbons (Fsp3) is 0.650. The summed E-state index contributed by atoms with van der Waals surface area (Å²) in [5.74, 6) is 1.04. The van der Waals surface area contributed by atoms with E-state index in [9.17, 15) is 4.79 Å². The molecule has 29 heavy (non-hydrogen) atoms. The van der Waals surface area contributed by atoms with Gasteiger partial charge in [0.05, 0.1) is 51.3 Å². The molecule has 0 aliphatic carbocycles. The molecular formula is C20H28N6O3. The molecule has 0 aromatic carbocycles. The van der Waals surface area contributed by atoms with Gasteiger partial charge in [0, 0.05) is 32.2 Å². The fourth-order valence-electron chi connectivity index (χ4n) is 4.11. The lowest BCUT2D eigenvalue weighted by molar-refractivity contribution is -0.134. The highest BCUT2D eigenvalue weighted by atomic mass is 16.5. The molecule has 5 rings (SSSR count). The van der Waals surface area contributed by atoms with Gasteiger partial charge in [0.15, 0.2) is 5.65 Å². The number of hydrogen-bond donors (Lipinski definition) is 1. The molecule has 2 saturated heterocycles. The molecule has 2 fully saturated rings. The largest absolute Gasteiger partial charge is 0.379 e. The molecule has 1 atom stereocenters. The second-order valence-electron chi connectivity index (χ2n) is 7.90. The smallest absolute Gasteiger partial charge is 0.225 e. The van der Waals surface area contributed by atoms with Crippen LogP contribution in [0.5, 0.6) is 0 Å². The predicted octanol–water partition coefficient (Wildman–Crippen LogP) is 0.379. The van der Waals surface area contributed by atoms with E-state index in [-0.39, 0.29) is 5.91 Å². The van der Waals surface area contributed by atoms with E-state index in [1.807, 2.05) is 11.1 Å². The van der Waals surface area contributed by atoms with Crippen molar-refractivity contribution in [1.82, 2.24) is 24.8 Å². The zero-order valence-electron chi connectivity index (χ0n) is 16.7. The first-order valence-corrected chi connectivity index (χ1v) is 10.5. The predicted molar refractivity (Wildman–Crippen MR) is 108 cm³/mol. The molecule has 0 bridgehead atoms. The van der Waals surface area contributed by atoms with Gasteiger partial charge in [-0.05, 0) is 19.0 Å². The Morgan fingerprint density at radius 1 is 1.28 bits per heavy atom. The fourth-order valence-corrected chi connectivity index (χ4v) is 4.11. The first-order valence-electron chi connectivity index (χ1n) is 10.5. The molecule has 0 radical (unpaired) electrons. The Morgan fingerprint density at radius 2 is 2.14 bits per heavy atom. The minimum atomic E-state index is 0.131. The molecule has 1 N–H and O–H groups in total. The van der Waals surface area contributed by atoms with Gasteiger partial charge in [-0.25, -0.2) is 9.97 Å². The molecule has 1 unspecified atom stereocenters. The van der Waals surface area contributed by atoms with Crippen molar-refractivity contribution in [2.75, 3.05) is 57.5 Å². The summed E-state index contributed by atoms with van der Waals surface area (Å²) >= 11 is 0. The number of anilines is 1. The Morgan fingerprint density at radius 3 is 2.93 bits per heavy atom. The summed E-state index contributed by atoms with van der Waals surface area (Å²) in [5, 5.41) is 3.30. The van der Waals surface area contributed by atoms with Crippen molar-refractivity contribution in [2.45, 2.75) is 32.0 Å². The second kappa shape index (κ2) is 8.25. The molecule has 3 aliphatic rings. The highest BCUT2D eigenvalue weighted by molar-refractivity contribution is 5.78. The molecule has 5 heterocycles. The standard InChI is InChI=1S/C20H28N6O3/c27-19(2-8-29-14-15-1-3-21-15)25-4-5-26-18(13-25)23-17-11-16(12-22-20(17)26)24-6-9-28-10-7-24/h11-12,15,21H,1-10,13-14H2. The number of morpholine rings is 1. The number of carbonyl (C=O) groups is 1. The number of fused-ring (bicyclic) bond motifs is 3. The third-order valence-electron chi connectivity index (χ3n) is 6.01. The van der Waals surface area contributed by atoms with Crippen LogP contribution < -0.4 is 10.2 Å². The number of carbonyl (C=O) groups excluding carboxylic acids is 1. The topological polar surface area (TPSA) is 84.8 Å². The van der Waals surface area contributed by atoms with Crippen LogP contribution in [0, 0.1) is 0 Å². The Hall–Kier alpha value is -2.23. The van der Waals surface area contributed by atoms with E-state index in [0.29, 0.717) is 38.8 Å². The number of pyridine rings is 1. The van der Waals surface area contributed by atoms with E-state index < -0.39 is 0 Å². The summed E-state index contributed by atoms with van der Waals surface area (Å²) in [4.78, 5) is 26.2. The Balaban J connectivity index is 1.21. The minimum absolute atomic E-state index is 0.131. The number of aromatic nitrogens is 3. The number of nitrogens with one attached hydrogen (secondary N) is 1. The van der Waals surface area contributed by atoms with Crippen LogP contribution in [-0.2, 0) is 27.4 Å². The number of nitrogens with zero attached hydrogens (tertiary/aromatic N) is 5.